The second kappa shape index (κ2) is 44.9. The van der Waals surface area contributed by atoms with Gasteiger partial charge in [0.1, 0.15) is 59.7 Å². The monoisotopic (exact) mass is 1550 g/mol. The highest BCUT2D eigenvalue weighted by Gasteiger charge is 2.38. The van der Waals surface area contributed by atoms with Gasteiger partial charge < -0.3 is 136 Å². The SMILES string of the molecule is C[C@@H]1NC(=O)C(N)CNC(=O)[C@H](C2CCN=C(N)N2)NC(=O)/C(=C/Nc2ccc(C3CCCCC3)cc2)NC(=O)[C@H](CNC(=O)C[C@@H](N)CCCN)NC1=O.NCCC[C@H](N)CC(=O)NC[C@@H]1NC(=O)[C@H](CO)NC(=O)C(N)CNC(=O)[C@H](C2CCN=C(N)N2)NC(=O)/C(=C/Nc2ccc(C3CCCCC3)cc2)NC1=O. The normalized spacial score (nSPS) is 26.1. The van der Waals surface area contributed by atoms with Gasteiger partial charge >= 0.3 is 0 Å². The van der Waals surface area contributed by atoms with E-state index in [-0.39, 0.29) is 68.8 Å². The van der Waals surface area contributed by atoms with E-state index in [0.717, 1.165) is 25.7 Å². The van der Waals surface area contributed by atoms with Gasteiger partial charge in [0.25, 0.3) is 11.8 Å². The van der Waals surface area contributed by atoms with Gasteiger partial charge in [-0.3, -0.25) is 67.5 Å². The summed E-state index contributed by atoms with van der Waals surface area (Å²) in [6, 6.07) is 2.07. The maximum Gasteiger partial charge on any atom is 0.270 e. The minimum absolute atomic E-state index is 0.0462. The molecule has 0 aromatic heterocycles. The van der Waals surface area contributed by atoms with E-state index in [1.54, 1.807) is 0 Å². The molecule has 39 heteroatoms. The van der Waals surface area contributed by atoms with Gasteiger partial charge in [0.2, 0.25) is 59.1 Å². The van der Waals surface area contributed by atoms with Crippen molar-refractivity contribution in [2.24, 2.45) is 55.9 Å². The smallest absolute Gasteiger partial charge is 0.270 e. The van der Waals surface area contributed by atoms with Crippen LogP contribution in [0.15, 0.2) is 82.3 Å². The van der Waals surface area contributed by atoms with E-state index in [0.29, 0.717) is 68.4 Å². The van der Waals surface area contributed by atoms with Gasteiger partial charge in [-0.2, -0.15) is 0 Å². The van der Waals surface area contributed by atoms with Crippen molar-refractivity contribution in [3.05, 3.63) is 83.5 Å². The Morgan fingerprint density at radius 2 is 0.883 bits per heavy atom. The highest BCUT2D eigenvalue weighted by molar-refractivity contribution is 6.04. The number of carbonyl (C=O) groups excluding carboxylic acids is 12. The summed E-state index contributed by atoms with van der Waals surface area (Å²) in [7, 11) is 0. The summed E-state index contributed by atoms with van der Waals surface area (Å²) in [5.74, 6) is -8.41. The maximum atomic E-state index is 14.1. The average Bonchev–Trinajstić information content (AvgIpc) is 0.832. The zero-order valence-corrected chi connectivity index (χ0v) is 62.8. The fraction of sp³-hybridized carbons (Fsp3) is 0.583. The minimum Gasteiger partial charge on any atom is -0.394 e. The number of amides is 12. The predicted octanol–water partition coefficient (Wildman–Crippen LogP) is -6.46. The number of benzene rings is 2. The number of nitrogens with two attached hydrogens (primary N) is 8. The van der Waals surface area contributed by atoms with Gasteiger partial charge in [0.05, 0.1) is 18.7 Å². The number of guanidine groups is 2. The fourth-order valence-corrected chi connectivity index (χ4v) is 13.2. The second-order valence-electron chi connectivity index (χ2n) is 28.5. The molecule has 4 aliphatic heterocycles. The molecule has 12 amide bonds. The van der Waals surface area contributed by atoms with Crippen molar-refractivity contribution in [1.82, 2.24) is 74.4 Å². The van der Waals surface area contributed by atoms with Crippen LogP contribution < -0.4 is 131 Å². The summed E-state index contributed by atoms with van der Waals surface area (Å²) in [4.78, 5) is 169. The molecule has 2 aromatic carbocycles. The number of aliphatic hydroxyl groups excluding tert-OH is 1. The van der Waals surface area contributed by atoms with Crippen molar-refractivity contribution < 1.29 is 62.6 Å². The Balaban J connectivity index is 0.000000308. The molecule has 8 rings (SSSR count). The number of aliphatic imine (C=N–C) groups is 2. The van der Waals surface area contributed by atoms with E-state index >= 15 is 0 Å². The van der Waals surface area contributed by atoms with E-state index in [2.05, 4.69) is 95.1 Å². The van der Waals surface area contributed by atoms with Crippen molar-refractivity contribution in [2.75, 3.05) is 69.6 Å². The first-order valence-electron chi connectivity index (χ1n) is 38.1. The molecule has 4 heterocycles. The Bertz CT molecular complexity index is 3640. The molecule has 610 valence electrons. The first kappa shape index (κ1) is 87.6. The van der Waals surface area contributed by atoms with Gasteiger partial charge in [-0.25, -0.2) is 0 Å². The molecule has 2 aromatic rings. The largest absolute Gasteiger partial charge is 0.394 e. The van der Waals surface area contributed by atoms with Gasteiger partial charge in [-0.05, 0) is 131 Å². The van der Waals surface area contributed by atoms with Gasteiger partial charge in [-0.15, -0.1) is 0 Å². The maximum absolute atomic E-state index is 14.1. The zero-order valence-electron chi connectivity index (χ0n) is 62.8. The molecule has 12 atom stereocenters. The Morgan fingerprint density at radius 1 is 0.495 bits per heavy atom. The number of nitrogens with zero attached hydrogens (tertiary/aromatic N) is 2. The Morgan fingerprint density at radius 3 is 1.27 bits per heavy atom. The lowest BCUT2D eigenvalue weighted by atomic mass is 9.84. The molecule has 0 spiro atoms. The summed E-state index contributed by atoms with van der Waals surface area (Å²) in [6.07, 6.45) is 16.8. The summed E-state index contributed by atoms with van der Waals surface area (Å²) >= 11 is 0. The van der Waals surface area contributed by atoms with Gasteiger partial charge in [0, 0.05) is 88.0 Å². The fourth-order valence-electron chi connectivity index (χ4n) is 13.2. The van der Waals surface area contributed by atoms with Crippen LogP contribution in [0, 0.1) is 0 Å². The van der Waals surface area contributed by atoms with Crippen LogP contribution in [0.1, 0.15) is 145 Å². The summed E-state index contributed by atoms with van der Waals surface area (Å²) in [5.41, 5.74) is 50.0. The first-order chi connectivity index (χ1) is 53.2. The van der Waals surface area contributed by atoms with Crippen LogP contribution in [0.3, 0.4) is 0 Å². The van der Waals surface area contributed by atoms with Crippen LogP contribution >= 0.6 is 0 Å². The number of hydrogen-bond acceptors (Lipinski definition) is 27. The summed E-state index contributed by atoms with van der Waals surface area (Å²) in [5, 5.41) is 52.4. The third kappa shape index (κ3) is 28.7. The lowest BCUT2D eigenvalue weighted by Crippen LogP contribution is -2.64. The number of aliphatic hydroxyl groups is 1. The average molecular weight is 1550 g/mol. The molecule has 2 aliphatic carbocycles. The molecule has 6 aliphatic rings. The van der Waals surface area contributed by atoms with Gasteiger partial charge in [0.15, 0.2) is 11.9 Å². The van der Waals surface area contributed by atoms with Crippen LogP contribution in [0.4, 0.5) is 11.4 Å². The third-order valence-corrected chi connectivity index (χ3v) is 19.8. The molecule has 39 nitrogen and oxygen atoms in total. The molecule has 2 saturated heterocycles. The van der Waals surface area contributed by atoms with Crippen LogP contribution in [0.2, 0.25) is 0 Å². The van der Waals surface area contributed by atoms with Crippen LogP contribution in [-0.4, -0.2) is 219 Å². The number of hydrogen-bond donors (Lipinski definition) is 25. The van der Waals surface area contributed by atoms with Crippen molar-refractivity contribution in [3.8, 4) is 0 Å². The minimum atomic E-state index is -1.58. The Hall–Kier alpha value is -10.6. The van der Waals surface area contributed by atoms with E-state index in [9.17, 15) is 62.6 Å². The number of anilines is 2. The molecule has 4 fully saturated rings. The lowest BCUT2D eigenvalue weighted by Gasteiger charge is -2.31. The summed E-state index contributed by atoms with van der Waals surface area (Å²) in [6.45, 7) is 0.224. The standard InChI is InChI=1S/C36H57N13O7.C36H57N13O6/c37-13-4-7-22(38)15-29(51)43-18-27-32(53)45-26(17-42-23-10-8-21(9-11-23)20-5-2-1-3-6-20)33(54)49-30(25-12-14-41-36(40)48-25)35(56)44-16-24(39)31(52)47-28(19-50)34(55)46-27;1-20-31(51)46-28(19-43-29(50)16-23(38)8-5-14-37)33(53)47-27(18-42-24-11-9-22(10-12-24)21-6-3-2-4-7-21)34(54)49-30(26-13-15-41-36(40)48-26)35(55)44-17-25(39)32(52)45-20/h8-11,17,20,22,24-25,27-28,30,42,50H,1-7,12-16,18-19,37-39H2,(H,43,51)(H,44,56)(H,45,53)(H,46,55)(H,47,52)(H,49,54)(H3,40,41,48);9-12,18,20-21,23,25-26,28,30,42H,2-8,13-17,19,37-39H2,1H3,(H,43,50)(H,44,55)(H,45,52)(H,46,51)(H,47,53)(H,49,54)(H3,40,41,48)/b26-17-;27-18-/t22-,24?,25?,27-,28-,30-;20-,23-,25?,26?,28-,30-/m00/s1. The zero-order chi connectivity index (χ0) is 80.5. The van der Waals surface area contributed by atoms with Crippen molar-refractivity contribution in [2.45, 2.75) is 207 Å². The van der Waals surface area contributed by atoms with Crippen molar-refractivity contribution >= 4 is 94.2 Å². The number of rotatable bonds is 23. The Kier molecular flexibility index (Phi) is 35.5. The molecular weight excluding hydrogens is 1440 g/mol. The van der Waals surface area contributed by atoms with E-state index in [4.69, 9.17) is 45.9 Å². The first-order valence-corrected chi connectivity index (χ1v) is 38.1. The lowest BCUT2D eigenvalue weighted by molar-refractivity contribution is -0.134. The quantitative estimate of drug-likeness (QED) is 0.0460. The predicted molar refractivity (Wildman–Crippen MR) is 414 cm³/mol. The van der Waals surface area contributed by atoms with E-state index < -0.39 is 163 Å². The molecule has 4 unspecified atom stereocenters. The van der Waals surface area contributed by atoms with Crippen LogP contribution in [-0.2, 0) is 57.5 Å². The van der Waals surface area contributed by atoms with Crippen molar-refractivity contribution in [1.29, 1.82) is 0 Å². The molecule has 111 heavy (non-hydrogen) atoms. The molecule has 2 saturated carbocycles. The topological polar surface area (TPSA) is 650 Å². The molecular formula is C72H114N26O13. The third-order valence-electron chi connectivity index (χ3n) is 19.8. The van der Waals surface area contributed by atoms with Crippen LogP contribution in [0.25, 0.3) is 0 Å². The molecule has 0 bridgehead atoms. The Labute approximate surface area is 644 Å². The number of carbonyl (C=O) groups is 12. The highest BCUT2D eigenvalue weighted by Crippen LogP contribution is 2.34. The molecule has 0 radical (unpaired) electrons. The number of nitrogens with one attached hydrogen (secondary N) is 16. The van der Waals surface area contributed by atoms with Crippen LogP contribution in [0.5, 0.6) is 0 Å². The highest BCUT2D eigenvalue weighted by atomic mass is 16.3. The second-order valence-corrected chi connectivity index (χ2v) is 28.5. The van der Waals surface area contributed by atoms with E-state index in [1.165, 1.54) is 69.0 Å². The van der Waals surface area contributed by atoms with Crippen molar-refractivity contribution in [3.63, 3.8) is 0 Å². The van der Waals surface area contributed by atoms with E-state index in [1.807, 2.05) is 48.5 Å². The summed E-state index contributed by atoms with van der Waals surface area (Å²) < 4.78 is 0. The van der Waals surface area contributed by atoms with Gasteiger partial charge in [-0.1, -0.05) is 62.8 Å². The molecule has 33 N–H and O–H groups in total.